The fraction of sp³-hybridized carbons (Fsp3) is 0.400. The summed E-state index contributed by atoms with van der Waals surface area (Å²) in [6, 6.07) is 5.79. The van der Waals surface area contributed by atoms with Crippen molar-refractivity contribution < 1.29 is 4.79 Å². The Morgan fingerprint density at radius 1 is 1.35 bits per heavy atom. The number of Topliss-reactive ketones (excluding diaryl/α,β-unsaturated/α-hetero) is 1. The smallest absolute Gasteiger partial charge is 0.162 e. The van der Waals surface area contributed by atoms with Gasteiger partial charge in [0, 0.05) is 16.5 Å². The molecule has 0 aliphatic heterocycles. The monoisotopic (exact) mass is 294 g/mol. The number of hydrogen-bond acceptors (Lipinski definition) is 1. The number of aryl methyl sites for hydroxylation is 1. The van der Waals surface area contributed by atoms with Crippen LogP contribution in [0.5, 0.6) is 0 Å². The molecule has 0 atom stereocenters. The molecule has 0 aliphatic rings. The fourth-order valence-corrected chi connectivity index (χ4v) is 1.96. The van der Waals surface area contributed by atoms with E-state index in [1.807, 2.05) is 31.2 Å². The zero-order chi connectivity index (χ0) is 12.7. The van der Waals surface area contributed by atoms with Gasteiger partial charge < -0.3 is 0 Å². The maximum absolute atomic E-state index is 11.9. The molecule has 1 rings (SSSR count). The number of ketones is 1. The third-order valence-corrected chi connectivity index (χ3v) is 3.68. The summed E-state index contributed by atoms with van der Waals surface area (Å²) in [6.07, 6.45) is 6.84. The molecule has 0 fully saturated rings. The maximum Gasteiger partial charge on any atom is 0.162 e. The highest BCUT2D eigenvalue weighted by atomic mass is 79.9. The molecule has 0 aromatic heterocycles. The summed E-state index contributed by atoms with van der Waals surface area (Å²) < 4.78 is 1.06. The van der Waals surface area contributed by atoms with Crippen LogP contribution in [0.1, 0.15) is 48.0 Å². The highest BCUT2D eigenvalue weighted by Gasteiger charge is 2.06. The van der Waals surface area contributed by atoms with Crippen LogP contribution in [0, 0.1) is 6.92 Å². The summed E-state index contributed by atoms with van der Waals surface area (Å²) in [5.41, 5.74) is 1.94. The van der Waals surface area contributed by atoms with Crippen molar-refractivity contribution in [1.82, 2.24) is 0 Å². The summed E-state index contributed by atoms with van der Waals surface area (Å²) >= 11 is 3.44. The van der Waals surface area contributed by atoms with E-state index in [-0.39, 0.29) is 5.78 Å². The van der Waals surface area contributed by atoms with Crippen molar-refractivity contribution in [2.75, 3.05) is 0 Å². The third kappa shape index (κ3) is 4.86. The molecule has 0 unspecified atom stereocenters. The quantitative estimate of drug-likeness (QED) is 0.389. The first kappa shape index (κ1) is 14.2. The molecule has 0 heterocycles. The molecule has 0 spiro atoms. The Labute approximate surface area is 112 Å². The minimum Gasteiger partial charge on any atom is -0.294 e. The van der Waals surface area contributed by atoms with Crippen LogP contribution in [-0.4, -0.2) is 5.78 Å². The van der Waals surface area contributed by atoms with Gasteiger partial charge in [-0.15, -0.1) is 6.58 Å². The molecule has 0 N–H and O–H groups in total. The van der Waals surface area contributed by atoms with E-state index in [0.29, 0.717) is 6.42 Å². The second kappa shape index (κ2) is 7.44. The van der Waals surface area contributed by atoms with E-state index >= 15 is 0 Å². The molecular weight excluding hydrogens is 276 g/mol. The zero-order valence-electron chi connectivity index (χ0n) is 10.3. The standard InChI is InChI=1S/C15H19BrO/c1-3-4-5-6-7-8-15(17)13-9-10-14(16)12(2)11-13/h3,9-11H,1,4-8H2,2H3. The fourth-order valence-electron chi connectivity index (χ4n) is 1.71. The van der Waals surface area contributed by atoms with E-state index in [1.54, 1.807) is 0 Å². The number of benzene rings is 1. The Bertz CT molecular complexity index is 396. The Balaban J connectivity index is 2.41. The lowest BCUT2D eigenvalue weighted by molar-refractivity contribution is 0.0979. The van der Waals surface area contributed by atoms with Gasteiger partial charge in [0.15, 0.2) is 5.78 Å². The molecule has 0 saturated carbocycles. The van der Waals surface area contributed by atoms with Crippen LogP contribution in [0.25, 0.3) is 0 Å². The molecule has 92 valence electrons. The maximum atomic E-state index is 11.9. The van der Waals surface area contributed by atoms with Gasteiger partial charge in [-0.2, -0.15) is 0 Å². The van der Waals surface area contributed by atoms with Crippen LogP contribution >= 0.6 is 15.9 Å². The number of hydrogen-bond donors (Lipinski definition) is 0. The Hall–Kier alpha value is -0.890. The van der Waals surface area contributed by atoms with E-state index in [2.05, 4.69) is 22.5 Å². The van der Waals surface area contributed by atoms with Gasteiger partial charge >= 0.3 is 0 Å². The number of allylic oxidation sites excluding steroid dienone is 1. The molecule has 1 aromatic rings. The molecule has 0 amide bonds. The molecule has 0 bridgehead atoms. The first-order valence-corrected chi connectivity index (χ1v) is 6.84. The average Bonchev–Trinajstić information content (AvgIpc) is 2.32. The first-order valence-electron chi connectivity index (χ1n) is 6.05. The molecular formula is C15H19BrO. The summed E-state index contributed by atoms with van der Waals surface area (Å²) in [4.78, 5) is 11.9. The Kier molecular flexibility index (Phi) is 6.20. The van der Waals surface area contributed by atoms with Gasteiger partial charge in [-0.25, -0.2) is 0 Å². The zero-order valence-corrected chi connectivity index (χ0v) is 11.9. The third-order valence-electron chi connectivity index (χ3n) is 2.79. The lowest BCUT2D eigenvalue weighted by atomic mass is 10.0. The number of carbonyl (C=O) groups excluding carboxylic acids is 1. The number of unbranched alkanes of at least 4 members (excludes halogenated alkanes) is 3. The molecule has 1 nitrogen and oxygen atoms in total. The van der Waals surface area contributed by atoms with Gasteiger partial charge in [-0.1, -0.05) is 34.5 Å². The van der Waals surface area contributed by atoms with Crippen molar-refractivity contribution in [2.24, 2.45) is 0 Å². The van der Waals surface area contributed by atoms with E-state index in [4.69, 9.17) is 0 Å². The molecule has 17 heavy (non-hydrogen) atoms. The van der Waals surface area contributed by atoms with Crippen molar-refractivity contribution in [3.8, 4) is 0 Å². The second-order valence-electron chi connectivity index (χ2n) is 4.28. The number of rotatable bonds is 7. The first-order chi connectivity index (χ1) is 8.15. The number of carbonyl (C=O) groups is 1. The van der Waals surface area contributed by atoms with Gasteiger partial charge in [-0.05, 0) is 43.9 Å². The summed E-state index contributed by atoms with van der Waals surface area (Å²) in [5.74, 6) is 0.249. The summed E-state index contributed by atoms with van der Waals surface area (Å²) in [5, 5.41) is 0. The van der Waals surface area contributed by atoms with Crippen LogP contribution in [0.3, 0.4) is 0 Å². The van der Waals surface area contributed by atoms with Crippen LogP contribution in [0.15, 0.2) is 35.3 Å². The van der Waals surface area contributed by atoms with E-state index < -0.39 is 0 Å². The summed E-state index contributed by atoms with van der Waals surface area (Å²) in [6.45, 7) is 5.69. The average molecular weight is 295 g/mol. The number of halogens is 1. The van der Waals surface area contributed by atoms with Gasteiger partial charge in [0.2, 0.25) is 0 Å². The van der Waals surface area contributed by atoms with Crippen molar-refractivity contribution in [2.45, 2.75) is 39.0 Å². The predicted molar refractivity (Wildman–Crippen MR) is 76.5 cm³/mol. The lowest BCUT2D eigenvalue weighted by Gasteiger charge is -2.03. The topological polar surface area (TPSA) is 17.1 Å². The molecule has 0 radical (unpaired) electrons. The van der Waals surface area contributed by atoms with Crippen LogP contribution in [0.2, 0.25) is 0 Å². The second-order valence-corrected chi connectivity index (χ2v) is 5.13. The van der Waals surface area contributed by atoms with E-state index in [9.17, 15) is 4.79 Å². The van der Waals surface area contributed by atoms with Crippen molar-refractivity contribution in [3.05, 3.63) is 46.5 Å². The molecule has 0 aliphatic carbocycles. The molecule has 0 saturated heterocycles. The SMILES string of the molecule is C=CCCCCCC(=O)c1ccc(Br)c(C)c1. The minimum absolute atomic E-state index is 0.249. The Morgan fingerprint density at radius 3 is 2.76 bits per heavy atom. The minimum atomic E-state index is 0.249. The normalized spacial score (nSPS) is 10.2. The van der Waals surface area contributed by atoms with E-state index in [1.165, 1.54) is 0 Å². The lowest BCUT2D eigenvalue weighted by Crippen LogP contribution is -1.99. The largest absolute Gasteiger partial charge is 0.294 e. The molecule has 1 aromatic carbocycles. The van der Waals surface area contributed by atoms with Crippen LogP contribution in [0.4, 0.5) is 0 Å². The van der Waals surface area contributed by atoms with Crippen molar-refractivity contribution in [3.63, 3.8) is 0 Å². The van der Waals surface area contributed by atoms with Crippen LogP contribution < -0.4 is 0 Å². The van der Waals surface area contributed by atoms with Crippen molar-refractivity contribution in [1.29, 1.82) is 0 Å². The molecule has 2 heteroatoms. The predicted octanol–water partition coefficient (Wildman–Crippen LogP) is 5.08. The van der Waals surface area contributed by atoms with Gasteiger partial charge in [-0.3, -0.25) is 4.79 Å². The van der Waals surface area contributed by atoms with Crippen LogP contribution in [-0.2, 0) is 0 Å². The highest BCUT2D eigenvalue weighted by molar-refractivity contribution is 9.10. The Morgan fingerprint density at radius 2 is 2.12 bits per heavy atom. The van der Waals surface area contributed by atoms with Crippen molar-refractivity contribution >= 4 is 21.7 Å². The van der Waals surface area contributed by atoms with Gasteiger partial charge in [0.25, 0.3) is 0 Å². The van der Waals surface area contributed by atoms with Gasteiger partial charge in [0.05, 0.1) is 0 Å². The van der Waals surface area contributed by atoms with Gasteiger partial charge in [0.1, 0.15) is 0 Å². The summed E-state index contributed by atoms with van der Waals surface area (Å²) in [7, 11) is 0. The highest BCUT2D eigenvalue weighted by Crippen LogP contribution is 2.18. The van der Waals surface area contributed by atoms with E-state index in [0.717, 1.165) is 41.3 Å².